The van der Waals surface area contributed by atoms with E-state index in [9.17, 15) is 0 Å². The second kappa shape index (κ2) is 11.3. The third kappa shape index (κ3) is 5.46. The van der Waals surface area contributed by atoms with Gasteiger partial charge in [-0.2, -0.15) is 0 Å². The highest BCUT2D eigenvalue weighted by atomic mass is 16.5. The van der Waals surface area contributed by atoms with Gasteiger partial charge in [-0.15, -0.1) is 0 Å². The van der Waals surface area contributed by atoms with Crippen LogP contribution in [-0.2, 0) is 9.47 Å². The van der Waals surface area contributed by atoms with E-state index in [1.165, 1.54) is 0 Å². The van der Waals surface area contributed by atoms with Gasteiger partial charge in [0.2, 0.25) is 5.71 Å². The first-order chi connectivity index (χ1) is 18.3. The molecule has 0 radical (unpaired) electrons. The maximum atomic E-state index is 6.37. The molecule has 1 atom stereocenters. The van der Waals surface area contributed by atoms with Crippen molar-refractivity contribution in [3.8, 4) is 28.2 Å². The molecule has 2 aromatic heterocycles. The minimum absolute atomic E-state index is 0.201. The Kier molecular flexibility index (Phi) is 7.30. The number of nitrogens with zero attached hydrogens (tertiary/aromatic N) is 3. The van der Waals surface area contributed by atoms with Crippen LogP contribution in [0.3, 0.4) is 0 Å². The van der Waals surface area contributed by atoms with Crippen LogP contribution in [0, 0.1) is 0 Å². The highest BCUT2D eigenvalue weighted by Gasteiger charge is 2.23. The summed E-state index contributed by atoms with van der Waals surface area (Å²) in [4.78, 5) is 11.4. The highest BCUT2D eigenvalue weighted by Crippen LogP contribution is 2.42. The van der Waals surface area contributed by atoms with Gasteiger partial charge in [0, 0.05) is 43.9 Å². The largest absolute Gasteiger partial charge is 0.492 e. The number of aromatic nitrogens is 2. The summed E-state index contributed by atoms with van der Waals surface area (Å²) in [5, 5.41) is 4.38. The number of ether oxygens (including phenoxy) is 3. The molecule has 0 amide bonds. The zero-order valence-electron chi connectivity index (χ0n) is 20.9. The lowest BCUT2D eigenvalue weighted by molar-refractivity contribution is 0.0322. The monoisotopic (exact) mass is 500 g/mol. The van der Waals surface area contributed by atoms with E-state index in [-0.39, 0.29) is 6.10 Å². The molecule has 0 spiro atoms. The van der Waals surface area contributed by atoms with Crippen LogP contribution in [0.2, 0.25) is 0 Å². The average molecular weight is 501 g/mol. The molecule has 2 aliphatic rings. The van der Waals surface area contributed by atoms with Crippen LogP contribution in [0.15, 0.2) is 65.3 Å². The van der Waals surface area contributed by atoms with Gasteiger partial charge in [0.25, 0.3) is 0 Å². The van der Waals surface area contributed by atoms with E-state index in [1.54, 1.807) is 6.33 Å². The molecule has 2 fully saturated rings. The van der Waals surface area contributed by atoms with E-state index in [0.29, 0.717) is 18.9 Å². The fourth-order valence-electron chi connectivity index (χ4n) is 4.99. The van der Waals surface area contributed by atoms with Crippen LogP contribution >= 0.6 is 0 Å². The molecule has 2 aromatic carbocycles. The number of nitrogens with one attached hydrogen (secondary N) is 1. The summed E-state index contributed by atoms with van der Waals surface area (Å²) in [5.74, 6) is 2.37. The number of morpholine rings is 1. The highest BCUT2D eigenvalue weighted by molar-refractivity contribution is 6.05. The molecule has 8 nitrogen and oxygen atoms in total. The van der Waals surface area contributed by atoms with Gasteiger partial charge in [-0.1, -0.05) is 30.3 Å². The second-order valence-electron chi connectivity index (χ2n) is 9.42. The lowest BCUT2D eigenvalue weighted by Crippen LogP contribution is -2.38. The molecule has 4 aromatic rings. The number of hydrogen-bond acceptors (Lipinski definition) is 8. The maximum absolute atomic E-state index is 6.37. The summed E-state index contributed by atoms with van der Waals surface area (Å²) >= 11 is 0. The SMILES string of the molecule is c1ccc(-c2c(-c3ccc(OCCN4CCOCC4)cc3)oc3ncnc(NCC4CCCO4)c23)cc1. The molecule has 37 heavy (non-hydrogen) atoms. The number of fused-ring (bicyclic) bond motifs is 1. The molecule has 6 rings (SSSR count). The van der Waals surface area contributed by atoms with Crippen LogP contribution in [0.5, 0.6) is 5.75 Å². The van der Waals surface area contributed by atoms with E-state index in [1.807, 2.05) is 42.5 Å². The topological polar surface area (TPSA) is 81.9 Å². The minimum atomic E-state index is 0.201. The zero-order valence-corrected chi connectivity index (χ0v) is 20.9. The lowest BCUT2D eigenvalue weighted by Gasteiger charge is -2.26. The summed E-state index contributed by atoms with van der Waals surface area (Å²) in [5.41, 5.74) is 3.55. The summed E-state index contributed by atoms with van der Waals surface area (Å²) in [7, 11) is 0. The molecule has 2 saturated heterocycles. The van der Waals surface area contributed by atoms with Crippen LogP contribution in [-0.4, -0.2) is 73.6 Å². The van der Waals surface area contributed by atoms with Gasteiger partial charge in [0.15, 0.2) is 0 Å². The molecule has 2 aliphatic heterocycles. The van der Waals surface area contributed by atoms with E-state index >= 15 is 0 Å². The number of anilines is 1. The number of hydrogen-bond donors (Lipinski definition) is 1. The van der Waals surface area contributed by atoms with Gasteiger partial charge in [-0.3, -0.25) is 4.90 Å². The van der Waals surface area contributed by atoms with Crippen LogP contribution < -0.4 is 10.1 Å². The van der Waals surface area contributed by atoms with E-state index < -0.39 is 0 Å². The van der Waals surface area contributed by atoms with Gasteiger partial charge in [-0.25, -0.2) is 9.97 Å². The second-order valence-corrected chi connectivity index (χ2v) is 9.42. The van der Waals surface area contributed by atoms with Crippen molar-refractivity contribution < 1.29 is 18.6 Å². The zero-order chi connectivity index (χ0) is 24.9. The molecule has 4 heterocycles. The molecule has 0 aliphatic carbocycles. The average Bonchev–Trinajstić information content (AvgIpc) is 3.62. The maximum Gasteiger partial charge on any atom is 0.232 e. The summed E-state index contributed by atoms with van der Waals surface area (Å²) in [6.45, 7) is 6.59. The van der Waals surface area contributed by atoms with Gasteiger partial charge >= 0.3 is 0 Å². The van der Waals surface area contributed by atoms with E-state index in [2.05, 4.69) is 32.3 Å². The molecular weight excluding hydrogens is 468 g/mol. The van der Waals surface area contributed by atoms with Crippen molar-refractivity contribution in [3.05, 3.63) is 60.9 Å². The predicted molar refractivity (Wildman–Crippen MR) is 143 cm³/mol. The lowest BCUT2D eigenvalue weighted by atomic mass is 9.99. The molecule has 1 unspecified atom stereocenters. The Morgan fingerprint density at radius 2 is 1.78 bits per heavy atom. The van der Waals surface area contributed by atoms with E-state index in [0.717, 1.165) is 91.7 Å². The Morgan fingerprint density at radius 3 is 2.57 bits per heavy atom. The molecule has 0 saturated carbocycles. The van der Waals surface area contributed by atoms with Crippen molar-refractivity contribution >= 4 is 16.9 Å². The Labute approximate surface area is 216 Å². The third-order valence-electron chi connectivity index (χ3n) is 6.97. The number of furan rings is 1. The van der Waals surface area contributed by atoms with Crippen LogP contribution in [0.25, 0.3) is 33.6 Å². The first-order valence-electron chi connectivity index (χ1n) is 13.1. The molecule has 8 heteroatoms. The fourth-order valence-corrected chi connectivity index (χ4v) is 4.99. The fraction of sp³-hybridized carbons (Fsp3) is 0.379. The van der Waals surface area contributed by atoms with Crippen molar-refractivity contribution in [3.63, 3.8) is 0 Å². The van der Waals surface area contributed by atoms with Crippen LogP contribution in [0.4, 0.5) is 5.82 Å². The smallest absolute Gasteiger partial charge is 0.232 e. The van der Waals surface area contributed by atoms with Crippen molar-refractivity contribution in [2.24, 2.45) is 0 Å². The summed E-state index contributed by atoms with van der Waals surface area (Å²) in [6.07, 6.45) is 3.91. The summed E-state index contributed by atoms with van der Waals surface area (Å²) < 4.78 is 23.6. The van der Waals surface area contributed by atoms with Gasteiger partial charge in [0.05, 0.1) is 24.7 Å². The Hall–Kier alpha value is -3.46. The molecular formula is C29H32N4O4. The third-order valence-corrected chi connectivity index (χ3v) is 6.97. The van der Waals surface area contributed by atoms with E-state index in [4.69, 9.17) is 18.6 Å². The first kappa shape index (κ1) is 23.9. The Bertz CT molecular complexity index is 1300. The molecule has 1 N–H and O–H groups in total. The number of rotatable bonds is 9. The normalized spacial score (nSPS) is 18.3. The Morgan fingerprint density at radius 1 is 0.946 bits per heavy atom. The van der Waals surface area contributed by atoms with Gasteiger partial charge in [-0.05, 0) is 42.7 Å². The quantitative estimate of drug-likeness (QED) is 0.349. The van der Waals surface area contributed by atoms with Gasteiger partial charge in [0.1, 0.15) is 30.3 Å². The Balaban J connectivity index is 1.27. The molecule has 0 bridgehead atoms. The van der Waals surface area contributed by atoms with Crippen molar-refractivity contribution in [1.82, 2.24) is 14.9 Å². The molecule has 192 valence electrons. The van der Waals surface area contributed by atoms with Crippen molar-refractivity contribution in [2.45, 2.75) is 18.9 Å². The van der Waals surface area contributed by atoms with Crippen LogP contribution in [0.1, 0.15) is 12.8 Å². The van der Waals surface area contributed by atoms with Gasteiger partial charge < -0.3 is 23.9 Å². The van der Waals surface area contributed by atoms with Crippen molar-refractivity contribution in [2.75, 3.05) is 57.9 Å². The first-order valence-corrected chi connectivity index (χ1v) is 13.1. The summed E-state index contributed by atoms with van der Waals surface area (Å²) in [6, 6.07) is 18.3. The number of benzene rings is 2. The standard InChI is InChI=1S/C29H32N4O4/c1-2-5-21(6-3-1)25-26-28(30-19-24-7-4-15-35-24)31-20-32-29(26)37-27(25)22-8-10-23(11-9-22)36-18-14-33-12-16-34-17-13-33/h1-3,5-6,8-11,20,24H,4,7,12-19H2,(H,30,31,32). The predicted octanol–water partition coefficient (Wildman–Crippen LogP) is 4.86. The van der Waals surface area contributed by atoms with Crippen molar-refractivity contribution in [1.29, 1.82) is 0 Å². The minimum Gasteiger partial charge on any atom is -0.492 e.